The van der Waals surface area contributed by atoms with E-state index in [9.17, 15) is 0 Å². The van der Waals surface area contributed by atoms with Crippen molar-refractivity contribution in [2.24, 2.45) is 5.73 Å². The minimum absolute atomic E-state index is 0.115. The van der Waals surface area contributed by atoms with E-state index in [4.69, 9.17) is 10.5 Å². The Morgan fingerprint density at radius 2 is 2.29 bits per heavy atom. The summed E-state index contributed by atoms with van der Waals surface area (Å²) in [6.07, 6.45) is 2.04. The maximum atomic E-state index is 6.08. The van der Waals surface area contributed by atoms with Crippen molar-refractivity contribution >= 4 is 15.9 Å². The van der Waals surface area contributed by atoms with Gasteiger partial charge in [0.2, 0.25) is 0 Å². The summed E-state index contributed by atoms with van der Waals surface area (Å²) >= 11 is 3.48. The standard InChI is InChI=1S/C11H14BrNO/c1-7-5-8(12)6-9-10(13)3-2-4-14-11(7)9/h5-6,10H,2-4,13H2,1H3/t10-/m0/s1. The van der Waals surface area contributed by atoms with Crippen LogP contribution in [0.5, 0.6) is 5.75 Å². The molecule has 1 heterocycles. The van der Waals surface area contributed by atoms with Gasteiger partial charge in [-0.25, -0.2) is 0 Å². The van der Waals surface area contributed by atoms with E-state index in [2.05, 4.69) is 35.0 Å². The maximum absolute atomic E-state index is 6.08. The topological polar surface area (TPSA) is 35.2 Å². The minimum atomic E-state index is 0.115. The van der Waals surface area contributed by atoms with Crippen LogP contribution in [-0.4, -0.2) is 6.61 Å². The number of fused-ring (bicyclic) bond motifs is 1. The summed E-state index contributed by atoms with van der Waals surface area (Å²) in [6.45, 7) is 2.84. The van der Waals surface area contributed by atoms with E-state index >= 15 is 0 Å². The van der Waals surface area contributed by atoms with Gasteiger partial charge in [0.15, 0.2) is 0 Å². The Balaban J connectivity index is 2.53. The Morgan fingerprint density at radius 3 is 3.07 bits per heavy atom. The Hall–Kier alpha value is -0.540. The van der Waals surface area contributed by atoms with E-state index in [1.165, 1.54) is 0 Å². The quantitative estimate of drug-likeness (QED) is 0.774. The van der Waals surface area contributed by atoms with Gasteiger partial charge >= 0.3 is 0 Å². The zero-order valence-electron chi connectivity index (χ0n) is 8.22. The molecule has 1 aliphatic heterocycles. The van der Waals surface area contributed by atoms with Crippen molar-refractivity contribution in [3.8, 4) is 5.75 Å². The van der Waals surface area contributed by atoms with Crippen LogP contribution in [0.15, 0.2) is 16.6 Å². The summed E-state index contributed by atoms with van der Waals surface area (Å²) in [5.41, 5.74) is 8.38. The normalized spacial score (nSPS) is 20.9. The Morgan fingerprint density at radius 1 is 1.50 bits per heavy atom. The predicted octanol–water partition coefficient (Wildman–Crippen LogP) is 2.93. The van der Waals surface area contributed by atoms with Crippen LogP contribution in [0.2, 0.25) is 0 Å². The summed E-state index contributed by atoms with van der Waals surface area (Å²) in [5, 5.41) is 0. The van der Waals surface area contributed by atoms with Crippen molar-refractivity contribution in [3.05, 3.63) is 27.7 Å². The summed E-state index contributed by atoms with van der Waals surface area (Å²) in [4.78, 5) is 0. The maximum Gasteiger partial charge on any atom is 0.127 e. The molecule has 0 saturated carbocycles. The largest absolute Gasteiger partial charge is 0.493 e. The van der Waals surface area contributed by atoms with Gasteiger partial charge in [-0.05, 0) is 37.5 Å². The van der Waals surface area contributed by atoms with Gasteiger partial charge in [-0.1, -0.05) is 15.9 Å². The predicted molar refractivity (Wildman–Crippen MR) is 60.5 cm³/mol. The lowest BCUT2D eigenvalue weighted by Crippen LogP contribution is -2.09. The molecule has 1 aromatic rings. The van der Waals surface area contributed by atoms with Crippen LogP contribution < -0.4 is 10.5 Å². The molecule has 1 aromatic carbocycles. The van der Waals surface area contributed by atoms with Crippen LogP contribution in [0.1, 0.15) is 30.0 Å². The van der Waals surface area contributed by atoms with Gasteiger partial charge in [0.05, 0.1) is 6.61 Å². The Bertz CT molecular complexity index is 351. The van der Waals surface area contributed by atoms with Gasteiger partial charge in [0, 0.05) is 16.1 Å². The van der Waals surface area contributed by atoms with Gasteiger partial charge in [0.25, 0.3) is 0 Å². The first-order valence-electron chi connectivity index (χ1n) is 4.87. The molecule has 0 bridgehead atoms. The van der Waals surface area contributed by atoms with E-state index in [1.54, 1.807) is 0 Å². The fourth-order valence-corrected chi connectivity index (χ4v) is 2.45. The molecule has 0 aromatic heterocycles. The summed E-state index contributed by atoms with van der Waals surface area (Å²) in [6, 6.07) is 4.25. The lowest BCUT2D eigenvalue weighted by Gasteiger charge is -2.14. The van der Waals surface area contributed by atoms with E-state index in [0.717, 1.165) is 40.8 Å². The van der Waals surface area contributed by atoms with Crippen LogP contribution in [-0.2, 0) is 0 Å². The average Bonchev–Trinajstić information content (AvgIpc) is 2.29. The molecule has 0 radical (unpaired) electrons. The Kier molecular flexibility index (Phi) is 2.79. The zero-order chi connectivity index (χ0) is 10.1. The summed E-state index contributed by atoms with van der Waals surface area (Å²) < 4.78 is 6.78. The fourth-order valence-electron chi connectivity index (χ4n) is 1.86. The third-order valence-electron chi connectivity index (χ3n) is 2.57. The molecule has 2 N–H and O–H groups in total. The number of halogens is 1. The lowest BCUT2D eigenvalue weighted by atomic mass is 10.0. The number of ether oxygens (including phenoxy) is 1. The van der Waals surface area contributed by atoms with Gasteiger partial charge in [0.1, 0.15) is 5.75 Å². The first kappa shape index (κ1) is 9.99. The van der Waals surface area contributed by atoms with Gasteiger partial charge in [-0.15, -0.1) is 0 Å². The number of hydrogen-bond acceptors (Lipinski definition) is 2. The molecule has 1 aliphatic rings. The molecule has 0 amide bonds. The smallest absolute Gasteiger partial charge is 0.127 e. The van der Waals surface area contributed by atoms with E-state index in [1.807, 2.05) is 0 Å². The fraction of sp³-hybridized carbons (Fsp3) is 0.455. The molecule has 1 atom stereocenters. The molecule has 0 aliphatic carbocycles. The minimum Gasteiger partial charge on any atom is -0.493 e. The van der Waals surface area contributed by atoms with E-state index < -0.39 is 0 Å². The zero-order valence-corrected chi connectivity index (χ0v) is 9.80. The molecule has 14 heavy (non-hydrogen) atoms. The van der Waals surface area contributed by atoms with Crippen molar-refractivity contribution < 1.29 is 4.74 Å². The highest BCUT2D eigenvalue weighted by atomic mass is 79.9. The molecule has 0 saturated heterocycles. The highest BCUT2D eigenvalue weighted by Crippen LogP contribution is 2.35. The highest BCUT2D eigenvalue weighted by molar-refractivity contribution is 9.10. The van der Waals surface area contributed by atoms with Crippen LogP contribution in [0.3, 0.4) is 0 Å². The van der Waals surface area contributed by atoms with Gasteiger partial charge < -0.3 is 10.5 Å². The van der Waals surface area contributed by atoms with Crippen molar-refractivity contribution in [1.29, 1.82) is 0 Å². The average molecular weight is 256 g/mol. The molecular weight excluding hydrogens is 242 g/mol. The van der Waals surface area contributed by atoms with Crippen molar-refractivity contribution in [2.45, 2.75) is 25.8 Å². The van der Waals surface area contributed by atoms with Crippen LogP contribution in [0.25, 0.3) is 0 Å². The van der Waals surface area contributed by atoms with Gasteiger partial charge in [-0.2, -0.15) is 0 Å². The molecule has 76 valence electrons. The highest BCUT2D eigenvalue weighted by Gasteiger charge is 2.18. The van der Waals surface area contributed by atoms with E-state index in [0.29, 0.717) is 0 Å². The van der Waals surface area contributed by atoms with Crippen LogP contribution in [0.4, 0.5) is 0 Å². The number of aryl methyl sites for hydroxylation is 1. The number of hydrogen-bond donors (Lipinski definition) is 1. The first-order valence-corrected chi connectivity index (χ1v) is 5.66. The molecule has 3 heteroatoms. The first-order chi connectivity index (χ1) is 6.68. The number of rotatable bonds is 0. The van der Waals surface area contributed by atoms with Crippen LogP contribution in [0, 0.1) is 6.92 Å². The molecule has 0 spiro atoms. The molecule has 0 unspecified atom stereocenters. The molecular formula is C11H14BrNO. The van der Waals surface area contributed by atoms with Gasteiger partial charge in [-0.3, -0.25) is 0 Å². The summed E-state index contributed by atoms with van der Waals surface area (Å²) in [7, 11) is 0. The third-order valence-corrected chi connectivity index (χ3v) is 3.03. The number of nitrogens with two attached hydrogens (primary N) is 1. The molecule has 0 fully saturated rings. The number of benzene rings is 1. The third kappa shape index (κ3) is 1.79. The second-order valence-electron chi connectivity index (χ2n) is 3.74. The van der Waals surface area contributed by atoms with E-state index in [-0.39, 0.29) is 6.04 Å². The molecule has 2 nitrogen and oxygen atoms in total. The summed E-state index contributed by atoms with van der Waals surface area (Å²) in [5.74, 6) is 0.984. The second kappa shape index (κ2) is 3.91. The van der Waals surface area contributed by atoms with Crippen molar-refractivity contribution in [1.82, 2.24) is 0 Å². The SMILES string of the molecule is Cc1cc(Br)cc2c1OCCC[C@@H]2N. The Labute approximate surface area is 92.6 Å². The monoisotopic (exact) mass is 255 g/mol. The lowest BCUT2D eigenvalue weighted by molar-refractivity contribution is 0.314. The van der Waals surface area contributed by atoms with Crippen molar-refractivity contribution in [3.63, 3.8) is 0 Å². The molecule has 2 rings (SSSR count). The van der Waals surface area contributed by atoms with Crippen molar-refractivity contribution in [2.75, 3.05) is 6.61 Å². The van der Waals surface area contributed by atoms with Crippen LogP contribution >= 0.6 is 15.9 Å². The second-order valence-corrected chi connectivity index (χ2v) is 4.65.